The van der Waals surface area contributed by atoms with Gasteiger partial charge in [-0.15, -0.1) is 0 Å². The predicted molar refractivity (Wildman–Crippen MR) is 96.2 cm³/mol. The number of hydrogen-bond donors (Lipinski definition) is 3. The molecule has 0 spiro atoms. The minimum atomic E-state index is -0.982. The Morgan fingerprint density at radius 3 is 2.24 bits per heavy atom. The van der Waals surface area contributed by atoms with Crippen LogP contribution in [0, 0.1) is 0 Å². The fourth-order valence-electron chi connectivity index (χ4n) is 2.98. The highest BCUT2D eigenvalue weighted by atomic mass is 35.5. The van der Waals surface area contributed by atoms with E-state index in [1.54, 1.807) is 24.3 Å². The van der Waals surface area contributed by atoms with Crippen molar-refractivity contribution in [3.8, 4) is 0 Å². The zero-order valence-corrected chi connectivity index (χ0v) is 14.8. The number of rotatable bonds is 6. The molecule has 1 saturated carbocycles. The minimum Gasteiger partial charge on any atom is -0.370 e. The highest BCUT2D eigenvalue weighted by Crippen LogP contribution is 2.17. The summed E-state index contributed by atoms with van der Waals surface area (Å²) in [5, 5.41) is 6.05. The van der Waals surface area contributed by atoms with Gasteiger partial charge in [0.05, 0.1) is 6.42 Å². The van der Waals surface area contributed by atoms with Crippen molar-refractivity contribution in [1.82, 2.24) is 10.6 Å². The second-order valence-corrected chi connectivity index (χ2v) is 6.84. The summed E-state index contributed by atoms with van der Waals surface area (Å²) in [6.07, 6.45) is 6.08. The van der Waals surface area contributed by atoms with Crippen LogP contribution >= 0.6 is 11.6 Å². The molecule has 136 valence electrons. The highest BCUT2D eigenvalue weighted by molar-refractivity contribution is 6.30. The standard InChI is InChI=1S/C18H24ClN3O3/c19-13-9-7-12(8-10-13)17(24)22-15(11-16(20)23)18(25)21-14-5-3-1-2-4-6-14/h7-10,14-15H,1-6,11H2,(H2,20,23)(H,21,25)(H,22,24)/t15-/m1/s1. The third kappa shape index (κ3) is 6.38. The van der Waals surface area contributed by atoms with Gasteiger partial charge in [0.2, 0.25) is 11.8 Å². The molecule has 1 aliphatic rings. The molecular formula is C18H24ClN3O3. The van der Waals surface area contributed by atoms with Crippen molar-refractivity contribution in [2.45, 2.75) is 57.0 Å². The van der Waals surface area contributed by atoms with Crippen molar-refractivity contribution in [3.63, 3.8) is 0 Å². The van der Waals surface area contributed by atoms with Crippen molar-refractivity contribution >= 4 is 29.3 Å². The topological polar surface area (TPSA) is 101 Å². The lowest BCUT2D eigenvalue weighted by atomic mass is 10.1. The molecule has 6 nitrogen and oxygen atoms in total. The summed E-state index contributed by atoms with van der Waals surface area (Å²) in [7, 11) is 0. The summed E-state index contributed by atoms with van der Waals surface area (Å²) in [4.78, 5) is 36.1. The van der Waals surface area contributed by atoms with Crippen LogP contribution in [0.3, 0.4) is 0 Å². The van der Waals surface area contributed by atoms with E-state index in [9.17, 15) is 14.4 Å². The summed E-state index contributed by atoms with van der Waals surface area (Å²) in [5.74, 6) is -1.45. The predicted octanol–water partition coefficient (Wildman–Crippen LogP) is 2.15. The molecule has 0 radical (unpaired) electrons. The number of benzene rings is 1. The molecule has 1 aliphatic carbocycles. The molecule has 0 saturated heterocycles. The average molecular weight is 366 g/mol. The first-order valence-corrected chi connectivity index (χ1v) is 8.98. The van der Waals surface area contributed by atoms with E-state index in [-0.39, 0.29) is 18.4 Å². The van der Waals surface area contributed by atoms with Gasteiger partial charge in [-0.05, 0) is 37.1 Å². The molecule has 1 aromatic rings. The summed E-state index contributed by atoms with van der Waals surface area (Å²) in [5.41, 5.74) is 5.60. The largest absolute Gasteiger partial charge is 0.370 e. The Morgan fingerprint density at radius 2 is 1.68 bits per heavy atom. The van der Waals surface area contributed by atoms with E-state index in [0.717, 1.165) is 25.7 Å². The monoisotopic (exact) mass is 365 g/mol. The maximum atomic E-state index is 12.5. The molecule has 25 heavy (non-hydrogen) atoms. The first-order valence-electron chi connectivity index (χ1n) is 8.61. The quantitative estimate of drug-likeness (QED) is 0.673. The van der Waals surface area contributed by atoms with Crippen molar-refractivity contribution in [3.05, 3.63) is 34.9 Å². The number of primary amides is 1. The minimum absolute atomic E-state index is 0.0813. The van der Waals surface area contributed by atoms with Gasteiger partial charge in [-0.2, -0.15) is 0 Å². The first-order chi connectivity index (χ1) is 12.0. The Kier molecular flexibility index (Phi) is 7.25. The summed E-state index contributed by atoms with van der Waals surface area (Å²) < 4.78 is 0. The fourth-order valence-corrected chi connectivity index (χ4v) is 3.10. The zero-order valence-electron chi connectivity index (χ0n) is 14.1. The van der Waals surface area contributed by atoms with Gasteiger partial charge >= 0.3 is 0 Å². The molecule has 1 atom stereocenters. The van der Waals surface area contributed by atoms with Gasteiger partial charge in [0, 0.05) is 16.6 Å². The molecule has 0 bridgehead atoms. The third-order valence-electron chi connectivity index (χ3n) is 4.34. The van der Waals surface area contributed by atoms with Gasteiger partial charge in [-0.25, -0.2) is 0 Å². The van der Waals surface area contributed by atoms with Gasteiger partial charge in [0.15, 0.2) is 0 Å². The Bertz CT molecular complexity index is 610. The third-order valence-corrected chi connectivity index (χ3v) is 4.59. The molecule has 1 fully saturated rings. The number of halogens is 1. The molecule has 0 aromatic heterocycles. The van der Waals surface area contributed by atoms with Crippen LogP contribution in [0.15, 0.2) is 24.3 Å². The molecule has 3 amide bonds. The molecule has 2 rings (SSSR count). The van der Waals surface area contributed by atoms with Gasteiger partial charge in [0.25, 0.3) is 5.91 Å². The highest BCUT2D eigenvalue weighted by Gasteiger charge is 2.25. The van der Waals surface area contributed by atoms with Gasteiger partial charge in [-0.1, -0.05) is 37.3 Å². The second-order valence-electron chi connectivity index (χ2n) is 6.40. The lowest BCUT2D eigenvalue weighted by molar-refractivity contribution is -0.127. The molecular weight excluding hydrogens is 342 g/mol. The number of hydrogen-bond acceptors (Lipinski definition) is 3. The smallest absolute Gasteiger partial charge is 0.251 e. The van der Waals surface area contributed by atoms with Crippen LogP contribution in [0.25, 0.3) is 0 Å². The summed E-state index contributed by atoms with van der Waals surface area (Å²) in [6, 6.07) is 5.39. The number of nitrogens with one attached hydrogen (secondary N) is 2. The van der Waals surface area contributed by atoms with Crippen LogP contribution in [0.5, 0.6) is 0 Å². The van der Waals surface area contributed by atoms with E-state index in [2.05, 4.69) is 10.6 Å². The number of nitrogens with two attached hydrogens (primary N) is 1. The Labute approximate surface area is 152 Å². The van der Waals surface area contributed by atoms with Gasteiger partial charge in [-0.3, -0.25) is 14.4 Å². The SMILES string of the molecule is NC(=O)C[C@@H](NC(=O)c1ccc(Cl)cc1)C(=O)NC1CCCCCC1. The lowest BCUT2D eigenvalue weighted by Gasteiger charge is -2.22. The van der Waals surface area contributed by atoms with Crippen molar-refractivity contribution in [1.29, 1.82) is 0 Å². The second kappa shape index (κ2) is 9.42. The van der Waals surface area contributed by atoms with Crippen LogP contribution in [-0.2, 0) is 9.59 Å². The van der Waals surface area contributed by atoms with Crippen molar-refractivity contribution in [2.75, 3.05) is 0 Å². The van der Waals surface area contributed by atoms with E-state index in [0.29, 0.717) is 10.6 Å². The zero-order chi connectivity index (χ0) is 18.2. The van der Waals surface area contributed by atoms with E-state index >= 15 is 0 Å². The first kappa shape index (κ1) is 19.2. The van der Waals surface area contributed by atoms with E-state index in [1.165, 1.54) is 12.8 Å². The summed E-state index contributed by atoms with van der Waals surface area (Å²) >= 11 is 5.81. The average Bonchev–Trinajstić information content (AvgIpc) is 2.83. The lowest BCUT2D eigenvalue weighted by Crippen LogP contribution is -2.51. The molecule has 1 aromatic carbocycles. The van der Waals surface area contributed by atoms with Crippen molar-refractivity contribution < 1.29 is 14.4 Å². The van der Waals surface area contributed by atoms with Crippen LogP contribution < -0.4 is 16.4 Å². The number of carbonyl (C=O) groups excluding carboxylic acids is 3. The summed E-state index contributed by atoms with van der Waals surface area (Å²) in [6.45, 7) is 0. The van der Waals surface area contributed by atoms with E-state index < -0.39 is 17.9 Å². The number of carbonyl (C=O) groups is 3. The van der Waals surface area contributed by atoms with E-state index in [4.69, 9.17) is 17.3 Å². The Hall–Kier alpha value is -2.08. The Morgan fingerprint density at radius 1 is 1.08 bits per heavy atom. The molecule has 0 unspecified atom stereocenters. The van der Waals surface area contributed by atoms with Crippen LogP contribution in [-0.4, -0.2) is 29.8 Å². The van der Waals surface area contributed by atoms with Gasteiger partial charge in [0.1, 0.15) is 6.04 Å². The van der Waals surface area contributed by atoms with Crippen molar-refractivity contribution in [2.24, 2.45) is 5.73 Å². The van der Waals surface area contributed by atoms with Crippen LogP contribution in [0.1, 0.15) is 55.3 Å². The number of amides is 3. The maximum absolute atomic E-state index is 12.5. The molecule has 4 N–H and O–H groups in total. The molecule has 0 heterocycles. The molecule has 0 aliphatic heterocycles. The fraction of sp³-hybridized carbons (Fsp3) is 0.500. The Balaban J connectivity index is 2.01. The van der Waals surface area contributed by atoms with E-state index in [1.807, 2.05) is 0 Å². The normalized spacial score (nSPS) is 16.5. The van der Waals surface area contributed by atoms with Gasteiger partial charge < -0.3 is 16.4 Å². The van der Waals surface area contributed by atoms with Crippen LogP contribution in [0.2, 0.25) is 5.02 Å². The van der Waals surface area contributed by atoms with Crippen LogP contribution in [0.4, 0.5) is 0 Å². The maximum Gasteiger partial charge on any atom is 0.251 e. The molecule has 7 heteroatoms.